The summed E-state index contributed by atoms with van der Waals surface area (Å²) >= 11 is 0. The Balaban J connectivity index is 1.62. The van der Waals surface area contributed by atoms with Crippen molar-refractivity contribution in [3.05, 3.63) is 30.3 Å². The van der Waals surface area contributed by atoms with Crippen LogP contribution in [0.1, 0.15) is 20.3 Å². The Hall–Kier alpha value is -1.79. The van der Waals surface area contributed by atoms with Crippen molar-refractivity contribution >= 4 is 11.6 Å². The number of ether oxygens (including phenoxy) is 1. The van der Waals surface area contributed by atoms with E-state index < -0.39 is 0 Å². The molecule has 0 spiro atoms. The standard InChI is InChI=1S/C20H35N5O/c1-3-21-20(23-12-18-26-4-2)22-11-8-13-24-14-16-25(17-15-24)19-9-6-5-7-10-19/h5-7,9-10H,3-4,8,11-18H2,1-2H3,(H2,21,22,23). The second-order valence-corrected chi connectivity index (χ2v) is 6.40. The van der Waals surface area contributed by atoms with Crippen LogP contribution in [0.4, 0.5) is 5.69 Å². The van der Waals surface area contributed by atoms with Crippen LogP contribution in [0.5, 0.6) is 0 Å². The lowest BCUT2D eigenvalue weighted by Gasteiger charge is -2.36. The van der Waals surface area contributed by atoms with Crippen LogP contribution in [0, 0.1) is 0 Å². The molecule has 0 aliphatic carbocycles. The summed E-state index contributed by atoms with van der Waals surface area (Å²) in [6, 6.07) is 10.7. The van der Waals surface area contributed by atoms with Crippen LogP contribution in [0.15, 0.2) is 35.3 Å². The van der Waals surface area contributed by atoms with Crippen molar-refractivity contribution in [3.63, 3.8) is 0 Å². The zero-order valence-electron chi connectivity index (χ0n) is 16.4. The van der Waals surface area contributed by atoms with Gasteiger partial charge in [0.1, 0.15) is 0 Å². The van der Waals surface area contributed by atoms with Crippen LogP contribution in [0.3, 0.4) is 0 Å². The Labute approximate surface area is 158 Å². The molecule has 0 aromatic heterocycles. The van der Waals surface area contributed by atoms with Gasteiger partial charge in [0, 0.05) is 64.7 Å². The van der Waals surface area contributed by atoms with Gasteiger partial charge in [-0.15, -0.1) is 0 Å². The average molecular weight is 362 g/mol. The summed E-state index contributed by atoms with van der Waals surface area (Å²) in [5.41, 5.74) is 1.34. The third-order valence-electron chi connectivity index (χ3n) is 4.48. The summed E-state index contributed by atoms with van der Waals surface area (Å²) < 4.78 is 5.35. The molecule has 6 nitrogen and oxygen atoms in total. The van der Waals surface area contributed by atoms with Crippen molar-refractivity contribution < 1.29 is 4.74 Å². The van der Waals surface area contributed by atoms with Crippen LogP contribution < -0.4 is 15.5 Å². The van der Waals surface area contributed by atoms with Crippen molar-refractivity contribution in [1.82, 2.24) is 15.5 Å². The molecule has 0 atom stereocenters. The first kappa shape index (κ1) is 20.5. The van der Waals surface area contributed by atoms with Gasteiger partial charge in [-0.3, -0.25) is 9.89 Å². The molecule has 1 aromatic carbocycles. The van der Waals surface area contributed by atoms with E-state index in [9.17, 15) is 0 Å². The number of hydrogen-bond donors (Lipinski definition) is 2. The molecular weight excluding hydrogens is 326 g/mol. The largest absolute Gasteiger partial charge is 0.380 e. The fourth-order valence-electron chi connectivity index (χ4n) is 3.08. The van der Waals surface area contributed by atoms with Crippen LogP contribution in [0.2, 0.25) is 0 Å². The lowest BCUT2D eigenvalue weighted by atomic mass is 10.2. The van der Waals surface area contributed by atoms with Gasteiger partial charge in [-0.05, 0) is 32.4 Å². The summed E-state index contributed by atoms with van der Waals surface area (Å²) in [4.78, 5) is 9.68. The Morgan fingerprint density at radius 2 is 1.85 bits per heavy atom. The summed E-state index contributed by atoms with van der Waals surface area (Å²) in [6.07, 6.45) is 1.09. The Kier molecular flexibility index (Phi) is 9.90. The smallest absolute Gasteiger partial charge is 0.191 e. The number of rotatable bonds is 10. The molecule has 0 saturated carbocycles. The van der Waals surface area contributed by atoms with Crippen molar-refractivity contribution in [2.24, 2.45) is 4.99 Å². The van der Waals surface area contributed by atoms with E-state index in [1.807, 2.05) is 6.92 Å². The van der Waals surface area contributed by atoms with Crippen molar-refractivity contribution in [2.45, 2.75) is 20.3 Å². The molecule has 146 valence electrons. The first-order valence-electron chi connectivity index (χ1n) is 9.95. The predicted molar refractivity (Wildman–Crippen MR) is 110 cm³/mol. The molecular formula is C20H35N5O. The van der Waals surface area contributed by atoms with E-state index in [4.69, 9.17) is 4.74 Å². The molecule has 0 radical (unpaired) electrons. The van der Waals surface area contributed by atoms with Gasteiger partial charge >= 0.3 is 0 Å². The van der Waals surface area contributed by atoms with Gasteiger partial charge in [0.15, 0.2) is 5.96 Å². The molecule has 6 heteroatoms. The summed E-state index contributed by atoms with van der Waals surface area (Å²) in [5, 5.41) is 6.60. The minimum absolute atomic E-state index is 0.715. The highest BCUT2D eigenvalue weighted by atomic mass is 16.5. The molecule has 1 saturated heterocycles. The minimum atomic E-state index is 0.715. The zero-order valence-corrected chi connectivity index (χ0v) is 16.4. The van der Waals surface area contributed by atoms with Crippen LogP contribution >= 0.6 is 0 Å². The van der Waals surface area contributed by atoms with E-state index in [1.54, 1.807) is 0 Å². The van der Waals surface area contributed by atoms with Crippen molar-refractivity contribution in [3.8, 4) is 0 Å². The molecule has 1 aliphatic rings. The topological polar surface area (TPSA) is 52.1 Å². The van der Waals surface area contributed by atoms with E-state index >= 15 is 0 Å². The summed E-state index contributed by atoms with van der Waals surface area (Å²) in [5.74, 6) is 0.890. The highest BCUT2D eigenvalue weighted by Crippen LogP contribution is 2.15. The van der Waals surface area contributed by atoms with Crippen molar-refractivity contribution in [1.29, 1.82) is 0 Å². The minimum Gasteiger partial charge on any atom is -0.380 e. The van der Waals surface area contributed by atoms with E-state index in [2.05, 4.69) is 62.7 Å². The number of nitrogens with one attached hydrogen (secondary N) is 2. The first-order chi connectivity index (χ1) is 12.8. The molecule has 1 aromatic rings. The SMILES string of the molecule is CCNC(=NCCCN1CCN(c2ccccc2)CC1)NCCOCC. The fourth-order valence-corrected chi connectivity index (χ4v) is 3.08. The number of benzene rings is 1. The number of anilines is 1. The summed E-state index contributed by atoms with van der Waals surface area (Å²) in [7, 11) is 0. The van der Waals surface area contributed by atoms with Gasteiger partial charge in [0.25, 0.3) is 0 Å². The Morgan fingerprint density at radius 1 is 1.08 bits per heavy atom. The average Bonchev–Trinajstić information content (AvgIpc) is 2.69. The van der Waals surface area contributed by atoms with Crippen LogP contribution in [0.25, 0.3) is 0 Å². The number of para-hydroxylation sites is 1. The number of guanidine groups is 1. The second-order valence-electron chi connectivity index (χ2n) is 6.40. The molecule has 2 N–H and O–H groups in total. The Bertz CT molecular complexity index is 500. The van der Waals surface area contributed by atoms with Gasteiger partial charge in [-0.2, -0.15) is 0 Å². The summed E-state index contributed by atoms with van der Waals surface area (Å²) in [6.45, 7) is 13.7. The Morgan fingerprint density at radius 3 is 2.54 bits per heavy atom. The lowest BCUT2D eigenvalue weighted by molar-refractivity contribution is 0.152. The molecule has 0 bridgehead atoms. The maximum absolute atomic E-state index is 5.35. The van der Waals surface area contributed by atoms with Crippen LogP contribution in [-0.2, 0) is 4.74 Å². The van der Waals surface area contributed by atoms with E-state index in [1.165, 1.54) is 5.69 Å². The number of nitrogens with zero attached hydrogens (tertiary/aromatic N) is 3. The van der Waals surface area contributed by atoms with Gasteiger partial charge in [-0.1, -0.05) is 18.2 Å². The second kappa shape index (κ2) is 12.5. The van der Waals surface area contributed by atoms with E-state index in [0.717, 1.165) is 71.3 Å². The number of hydrogen-bond acceptors (Lipinski definition) is 4. The van der Waals surface area contributed by atoms with Gasteiger partial charge < -0.3 is 20.3 Å². The lowest BCUT2D eigenvalue weighted by Crippen LogP contribution is -2.46. The fraction of sp³-hybridized carbons (Fsp3) is 0.650. The van der Waals surface area contributed by atoms with Crippen molar-refractivity contribution in [2.75, 3.05) is 70.5 Å². The third kappa shape index (κ3) is 7.62. The maximum Gasteiger partial charge on any atom is 0.191 e. The number of aliphatic imine (C=N–C) groups is 1. The van der Waals surface area contributed by atoms with Gasteiger partial charge in [0.2, 0.25) is 0 Å². The van der Waals surface area contributed by atoms with Gasteiger partial charge in [0.05, 0.1) is 6.61 Å². The normalized spacial score (nSPS) is 15.9. The molecule has 1 fully saturated rings. The molecule has 1 heterocycles. The van der Waals surface area contributed by atoms with Gasteiger partial charge in [-0.25, -0.2) is 0 Å². The molecule has 1 aliphatic heterocycles. The predicted octanol–water partition coefficient (Wildman–Crippen LogP) is 1.79. The quantitative estimate of drug-likeness (QED) is 0.378. The molecule has 2 rings (SSSR count). The highest BCUT2D eigenvalue weighted by Gasteiger charge is 2.16. The monoisotopic (exact) mass is 361 g/mol. The van der Waals surface area contributed by atoms with E-state index in [0.29, 0.717) is 6.61 Å². The first-order valence-corrected chi connectivity index (χ1v) is 9.95. The number of piperazine rings is 1. The maximum atomic E-state index is 5.35. The zero-order chi connectivity index (χ0) is 18.5. The molecule has 26 heavy (non-hydrogen) atoms. The third-order valence-corrected chi connectivity index (χ3v) is 4.48. The highest BCUT2D eigenvalue weighted by molar-refractivity contribution is 5.79. The molecule has 0 amide bonds. The van der Waals surface area contributed by atoms with E-state index in [-0.39, 0.29) is 0 Å². The van der Waals surface area contributed by atoms with Crippen LogP contribution in [-0.4, -0.2) is 76.4 Å². The molecule has 0 unspecified atom stereocenters.